The van der Waals surface area contributed by atoms with Gasteiger partial charge in [0, 0.05) is 30.0 Å². The number of pyridine rings is 1. The monoisotopic (exact) mass is 349 g/mol. The molecule has 0 spiro atoms. The van der Waals surface area contributed by atoms with Crippen LogP contribution in [0.1, 0.15) is 53.2 Å². The molecule has 1 N–H and O–H groups in total. The van der Waals surface area contributed by atoms with Gasteiger partial charge in [-0.05, 0) is 62.8 Å². The van der Waals surface area contributed by atoms with Crippen LogP contribution in [-0.2, 0) is 0 Å². The van der Waals surface area contributed by atoms with E-state index < -0.39 is 0 Å². The van der Waals surface area contributed by atoms with Crippen LogP contribution < -0.4 is 5.32 Å². The Hall–Kier alpha value is -2.20. The van der Waals surface area contributed by atoms with Crippen LogP contribution in [-0.4, -0.2) is 34.9 Å². The molecule has 1 aromatic heterocycles. The molecule has 26 heavy (non-hydrogen) atoms. The summed E-state index contributed by atoms with van der Waals surface area (Å²) in [6.45, 7) is 3.07. The van der Waals surface area contributed by atoms with Gasteiger partial charge in [0.2, 0.25) is 0 Å². The number of hydrogen-bond acceptors (Lipinski definition) is 3. The van der Waals surface area contributed by atoms with Gasteiger partial charge in [0.25, 0.3) is 5.91 Å². The van der Waals surface area contributed by atoms with E-state index in [2.05, 4.69) is 46.5 Å². The van der Waals surface area contributed by atoms with Crippen molar-refractivity contribution in [2.45, 2.75) is 44.2 Å². The highest BCUT2D eigenvalue weighted by atomic mass is 16.1. The number of likely N-dealkylation sites (N-methyl/N-ethyl adjacent to an activating group) is 1. The molecule has 5 rings (SSSR count). The Morgan fingerprint density at radius 3 is 2.62 bits per heavy atom. The molecule has 4 heteroatoms. The summed E-state index contributed by atoms with van der Waals surface area (Å²) in [4.78, 5) is 19.7. The zero-order chi connectivity index (χ0) is 18.1. The van der Waals surface area contributed by atoms with Crippen LogP contribution in [0.3, 0.4) is 0 Å². The molecular weight excluding hydrogens is 322 g/mol. The standard InChI is InChI=1S/C22H27N3O/c1-16-14-23-13-10-19(16)21(26)24-20(18-6-4-3-5-7-18)22-11-8-17(9-12-22)15-25(22)2/h3-7,10,13-14,17,20H,8-9,11-12,15H2,1-2H3,(H,24,26). The highest BCUT2D eigenvalue weighted by Gasteiger charge is 2.50. The van der Waals surface area contributed by atoms with Crippen molar-refractivity contribution in [3.63, 3.8) is 0 Å². The van der Waals surface area contributed by atoms with Crippen molar-refractivity contribution in [2.75, 3.05) is 13.6 Å². The molecular formula is C22H27N3O. The van der Waals surface area contributed by atoms with E-state index in [1.807, 2.05) is 19.1 Å². The summed E-state index contributed by atoms with van der Waals surface area (Å²) in [6, 6.07) is 12.3. The second-order valence-electron chi connectivity index (χ2n) is 7.94. The highest BCUT2D eigenvalue weighted by Crippen LogP contribution is 2.48. The van der Waals surface area contributed by atoms with E-state index in [4.69, 9.17) is 0 Å². The Bertz CT molecular complexity index is 781. The van der Waals surface area contributed by atoms with Crippen molar-refractivity contribution in [2.24, 2.45) is 5.92 Å². The maximum absolute atomic E-state index is 13.1. The fourth-order valence-corrected chi connectivity index (χ4v) is 4.93. The second kappa shape index (κ2) is 6.84. The molecule has 1 atom stereocenters. The third-order valence-corrected chi connectivity index (χ3v) is 6.47. The number of carbonyl (C=O) groups is 1. The smallest absolute Gasteiger partial charge is 0.252 e. The minimum Gasteiger partial charge on any atom is -0.343 e. The van der Waals surface area contributed by atoms with Crippen molar-refractivity contribution in [3.05, 3.63) is 65.5 Å². The van der Waals surface area contributed by atoms with Gasteiger partial charge in [-0.15, -0.1) is 0 Å². The Labute approximate surface area is 155 Å². The Kier molecular flexibility index (Phi) is 4.53. The highest BCUT2D eigenvalue weighted by molar-refractivity contribution is 5.95. The molecule has 2 aliphatic heterocycles. The summed E-state index contributed by atoms with van der Waals surface area (Å²) in [5.41, 5.74) is 2.83. The van der Waals surface area contributed by atoms with Crippen LogP contribution in [0, 0.1) is 12.8 Å². The Morgan fingerprint density at radius 2 is 1.96 bits per heavy atom. The number of aromatic nitrogens is 1. The molecule has 3 heterocycles. The maximum atomic E-state index is 13.1. The first-order chi connectivity index (χ1) is 12.6. The summed E-state index contributed by atoms with van der Waals surface area (Å²) >= 11 is 0. The lowest BCUT2D eigenvalue weighted by atomic mass is 9.66. The SMILES string of the molecule is Cc1cnccc1C(=O)NC(c1ccccc1)C12CCC(CC1)CN2C. The molecule has 1 amide bonds. The third kappa shape index (κ3) is 2.92. The lowest BCUT2D eigenvalue weighted by Crippen LogP contribution is -2.62. The predicted molar refractivity (Wildman–Crippen MR) is 103 cm³/mol. The van der Waals surface area contributed by atoms with E-state index in [0.29, 0.717) is 5.56 Å². The van der Waals surface area contributed by atoms with Crippen LogP contribution in [0.2, 0.25) is 0 Å². The third-order valence-electron chi connectivity index (χ3n) is 6.47. The molecule has 3 aliphatic rings. The van der Waals surface area contributed by atoms with Crippen LogP contribution in [0.4, 0.5) is 0 Å². The quantitative estimate of drug-likeness (QED) is 0.915. The fraction of sp³-hybridized carbons (Fsp3) is 0.455. The average Bonchev–Trinajstić information content (AvgIpc) is 2.68. The van der Waals surface area contributed by atoms with Gasteiger partial charge in [-0.3, -0.25) is 14.7 Å². The number of benzene rings is 1. The molecule has 2 bridgehead atoms. The number of rotatable bonds is 4. The fourth-order valence-electron chi connectivity index (χ4n) is 4.93. The van der Waals surface area contributed by atoms with Gasteiger partial charge >= 0.3 is 0 Å². The molecule has 1 aliphatic carbocycles. The number of amides is 1. The average molecular weight is 349 g/mol. The maximum Gasteiger partial charge on any atom is 0.252 e. The van der Waals surface area contributed by atoms with E-state index in [0.717, 1.165) is 30.9 Å². The lowest BCUT2D eigenvalue weighted by molar-refractivity contribution is -0.0404. The largest absolute Gasteiger partial charge is 0.343 e. The van der Waals surface area contributed by atoms with Gasteiger partial charge in [0.05, 0.1) is 6.04 Å². The molecule has 0 radical (unpaired) electrons. The van der Waals surface area contributed by atoms with Gasteiger partial charge in [-0.2, -0.15) is 0 Å². The van der Waals surface area contributed by atoms with Crippen molar-refractivity contribution < 1.29 is 4.79 Å². The molecule has 2 aromatic rings. The van der Waals surface area contributed by atoms with Crippen LogP contribution >= 0.6 is 0 Å². The van der Waals surface area contributed by atoms with Crippen molar-refractivity contribution in [1.82, 2.24) is 15.2 Å². The first kappa shape index (κ1) is 17.2. The zero-order valence-electron chi connectivity index (χ0n) is 15.6. The van der Waals surface area contributed by atoms with Gasteiger partial charge < -0.3 is 5.32 Å². The van der Waals surface area contributed by atoms with Gasteiger partial charge in [-0.25, -0.2) is 0 Å². The van der Waals surface area contributed by atoms with Gasteiger partial charge in [0.15, 0.2) is 0 Å². The number of fused-ring (bicyclic) bond motifs is 3. The van der Waals surface area contributed by atoms with E-state index >= 15 is 0 Å². The van der Waals surface area contributed by atoms with Crippen molar-refractivity contribution in [3.8, 4) is 0 Å². The summed E-state index contributed by atoms with van der Waals surface area (Å²) in [5.74, 6) is 0.811. The molecule has 3 fully saturated rings. The predicted octanol–water partition coefficient (Wildman–Crippen LogP) is 3.74. The lowest BCUT2D eigenvalue weighted by Gasteiger charge is -2.57. The van der Waals surface area contributed by atoms with Crippen molar-refractivity contribution in [1.29, 1.82) is 0 Å². The number of nitrogens with one attached hydrogen (secondary N) is 1. The normalized spacial score (nSPS) is 26.5. The minimum absolute atomic E-state index is 0.00462. The van der Waals surface area contributed by atoms with Crippen LogP contribution in [0.25, 0.3) is 0 Å². The molecule has 4 nitrogen and oxygen atoms in total. The van der Waals surface area contributed by atoms with E-state index in [-0.39, 0.29) is 17.5 Å². The van der Waals surface area contributed by atoms with Crippen LogP contribution in [0.15, 0.2) is 48.8 Å². The number of piperidine rings is 2. The molecule has 1 saturated carbocycles. The summed E-state index contributed by atoms with van der Waals surface area (Å²) in [6.07, 6.45) is 8.25. The van der Waals surface area contributed by atoms with Gasteiger partial charge in [0.1, 0.15) is 0 Å². The second-order valence-corrected chi connectivity index (χ2v) is 7.94. The molecule has 136 valence electrons. The summed E-state index contributed by atoms with van der Waals surface area (Å²) in [7, 11) is 2.23. The van der Waals surface area contributed by atoms with Crippen LogP contribution in [0.5, 0.6) is 0 Å². The van der Waals surface area contributed by atoms with E-state index in [1.54, 1.807) is 12.4 Å². The summed E-state index contributed by atoms with van der Waals surface area (Å²) < 4.78 is 0. The Morgan fingerprint density at radius 1 is 1.23 bits per heavy atom. The minimum atomic E-state index is -0.00535. The van der Waals surface area contributed by atoms with Gasteiger partial charge in [-0.1, -0.05) is 30.3 Å². The molecule has 1 aromatic carbocycles. The first-order valence-electron chi connectivity index (χ1n) is 9.58. The number of aryl methyl sites for hydroxylation is 1. The molecule has 1 unspecified atom stereocenters. The van der Waals surface area contributed by atoms with E-state index in [1.165, 1.54) is 18.4 Å². The summed E-state index contributed by atoms with van der Waals surface area (Å²) in [5, 5.41) is 3.40. The number of carbonyl (C=O) groups excluding carboxylic acids is 1. The topological polar surface area (TPSA) is 45.2 Å². The molecule has 2 saturated heterocycles. The number of hydrogen-bond donors (Lipinski definition) is 1. The van der Waals surface area contributed by atoms with E-state index in [9.17, 15) is 4.79 Å². The zero-order valence-corrected chi connectivity index (χ0v) is 15.6. The van der Waals surface area contributed by atoms with Crippen molar-refractivity contribution >= 4 is 5.91 Å². The first-order valence-corrected chi connectivity index (χ1v) is 9.58. The Balaban J connectivity index is 1.70. The number of nitrogens with zero attached hydrogens (tertiary/aromatic N) is 2.